The number of methoxy groups -OCH3 is 2. The van der Waals surface area contributed by atoms with Crippen LogP contribution in [0.3, 0.4) is 0 Å². The maximum Gasteiger partial charge on any atom is 0.305 e. The molecule has 1 atom stereocenters. The van der Waals surface area contributed by atoms with Gasteiger partial charge in [-0.05, 0) is 24.7 Å². The van der Waals surface area contributed by atoms with E-state index >= 15 is 0 Å². The number of hydrogen-bond donors (Lipinski definition) is 2. The van der Waals surface area contributed by atoms with Crippen LogP contribution in [0.4, 0.5) is 0 Å². The van der Waals surface area contributed by atoms with E-state index in [-0.39, 0.29) is 12.5 Å². The van der Waals surface area contributed by atoms with Gasteiger partial charge in [-0.3, -0.25) is 4.79 Å². The molecule has 0 aliphatic carbocycles. The summed E-state index contributed by atoms with van der Waals surface area (Å²) < 4.78 is 10.4. The fraction of sp³-hybridized carbons (Fsp3) is 0.462. The zero-order chi connectivity index (χ0) is 13.5. The first-order chi connectivity index (χ1) is 8.62. The average Bonchev–Trinajstić information content (AvgIpc) is 2.37. The molecule has 0 bridgehead atoms. The van der Waals surface area contributed by atoms with E-state index in [9.17, 15) is 4.79 Å². The van der Waals surface area contributed by atoms with Crippen LogP contribution in [0, 0.1) is 0 Å². The molecule has 2 N–H and O–H groups in total. The lowest BCUT2D eigenvalue weighted by Gasteiger charge is -2.19. The summed E-state index contributed by atoms with van der Waals surface area (Å²) in [7, 11) is 3.14. The van der Waals surface area contributed by atoms with Gasteiger partial charge in [-0.15, -0.1) is 0 Å². The second kappa shape index (κ2) is 6.86. The summed E-state index contributed by atoms with van der Waals surface area (Å²) in [6.07, 6.45) is -0.00261. The maximum absolute atomic E-state index is 10.9. The van der Waals surface area contributed by atoms with Crippen molar-refractivity contribution in [2.45, 2.75) is 19.4 Å². The highest BCUT2D eigenvalue weighted by Gasteiger charge is 2.19. The summed E-state index contributed by atoms with van der Waals surface area (Å²) in [5, 5.41) is 12.1. The van der Waals surface area contributed by atoms with E-state index in [0.717, 1.165) is 5.56 Å². The van der Waals surface area contributed by atoms with E-state index in [1.54, 1.807) is 32.4 Å². The van der Waals surface area contributed by atoms with Crippen LogP contribution < -0.4 is 14.8 Å². The molecule has 0 heterocycles. The Morgan fingerprint density at radius 2 is 2.11 bits per heavy atom. The number of ether oxygens (including phenoxy) is 2. The Labute approximate surface area is 107 Å². The second-order valence-corrected chi connectivity index (χ2v) is 3.82. The van der Waals surface area contributed by atoms with Gasteiger partial charge in [0.2, 0.25) is 0 Å². The summed E-state index contributed by atoms with van der Waals surface area (Å²) in [5.41, 5.74) is 0.793. The zero-order valence-corrected chi connectivity index (χ0v) is 10.9. The highest BCUT2D eigenvalue weighted by atomic mass is 16.5. The molecule has 1 unspecified atom stereocenters. The van der Waals surface area contributed by atoms with Crippen molar-refractivity contribution in [2.75, 3.05) is 20.8 Å². The molecule has 0 fully saturated rings. The lowest BCUT2D eigenvalue weighted by atomic mass is 10.0. The first kappa shape index (κ1) is 14.3. The van der Waals surface area contributed by atoms with Gasteiger partial charge in [0.15, 0.2) is 0 Å². The fourth-order valence-corrected chi connectivity index (χ4v) is 1.82. The predicted octanol–water partition coefficient (Wildman–Crippen LogP) is 1.83. The maximum atomic E-state index is 10.9. The van der Waals surface area contributed by atoms with Crippen molar-refractivity contribution in [2.24, 2.45) is 0 Å². The molecular weight excluding hydrogens is 234 g/mol. The molecule has 0 spiro atoms. The molecule has 100 valence electrons. The lowest BCUT2D eigenvalue weighted by molar-refractivity contribution is -0.137. The smallest absolute Gasteiger partial charge is 0.305 e. The normalized spacial score (nSPS) is 11.9. The molecule has 1 aromatic carbocycles. The summed E-state index contributed by atoms with van der Waals surface area (Å²) in [6, 6.07) is 5.07. The van der Waals surface area contributed by atoms with Crippen molar-refractivity contribution in [1.82, 2.24) is 5.32 Å². The number of aliphatic carboxylic acids is 1. The van der Waals surface area contributed by atoms with Crippen LogP contribution in [0.25, 0.3) is 0 Å². The van der Waals surface area contributed by atoms with Gasteiger partial charge in [0.25, 0.3) is 0 Å². The summed E-state index contributed by atoms with van der Waals surface area (Å²) >= 11 is 0. The number of carbonyl (C=O) groups is 1. The average molecular weight is 253 g/mol. The van der Waals surface area contributed by atoms with Crippen molar-refractivity contribution >= 4 is 5.97 Å². The number of rotatable bonds is 7. The van der Waals surface area contributed by atoms with Gasteiger partial charge in [0.05, 0.1) is 20.6 Å². The molecule has 18 heavy (non-hydrogen) atoms. The molecule has 0 aromatic heterocycles. The van der Waals surface area contributed by atoms with Gasteiger partial charge < -0.3 is 19.9 Å². The van der Waals surface area contributed by atoms with Crippen molar-refractivity contribution in [3.8, 4) is 11.5 Å². The Morgan fingerprint density at radius 1 is 1.39 bits per heavy atom. The third-order valence-electron chi connectivity index (χ3n) is 2.64. The fourth-order valence-electron chi connectivity index (χ4n) is 1.82. The SMILES string of the molecule is CCNC(CC(=O)O)c1cc(OC)ccc1OC. The topological polar surface area (TPSA) is 67.8 Å². The minimum atomic E-state index is -0.856. The molecule has 0 aliphatic rings. The molecule has 0 saturated carbocycles. The van der Waals surface area contributed by atoms with E-state index in [0.29, 0.717) is 18.0 Å². The van der Waals surface area contributed by atoms with Crippen molar-refractivity contribution in [3.63, 3.8) is 0 Å². The first-order valence-corrected chi connectivity index (χ1v) is 5.79. The van der Waals surface area contributed by atoms with Gasteiger partial charge in [0.1, 0.15) is 11.5 Å². The molecule has 1 rings (SSSR count). The van der Waals surface area contributed by atoms with Crippen LogP contribution >= 0.6 is 0 Å². The monoisotopic (exact) mass is 253 g/mol. The van der Waals surface area contributed by atoms with E-state index in [1.165, 1.54) is 0 Å². The highest BCUT2D eigenvalue weighted by Crippen LogP contribution is 2.31. The predicted molar refractivity (Wildman–Crippen MR) is 68.2 cm³/mol. The van der Waals surface area contributed by atoms with E-state index < -0.39 is 5.97 Å². The van der Waals surface area contributed by atoms with Crippen LogP contribution in [0.1, 0.15) is 24.9 Å². The van der Waals surface area contributed by atoms with E-state index in [1.807, 2.05) is 6.92 Å². The molecule has 5 heteroatoms. The number of nitrogens with one attached hydrogen (secondary N) is 1. The third-order valence-corrected chi connectivity index (χ3v) is 2.64. The van der Waals surface area contributed by atoms with Gasteiger partial charge >= 0.3 is 5.97 Å². The molecule has 0 amide bonds. The Hall–Kier alpha value is -1.75. The van der Waals surface area contributed by atoms with Gasteiger partial charge in [-0.2, -0.15) is 0 Å². The van der Waals surface area contributed by atoms with E-state index in [4.69, 9.17) is 14.6 Å². The molecular formula is C13H19NO4. The van der Waals surface area contributed by atoms with Gasteiger partial charge in [-0.1, -0.05) is 6.92 Å². The third kappa shape index (κ3) is 3.63. The number of benzene rings is 1. The molecule has 5 nitrogen and oxygen atoms in total. The Bertz CT molecular complexity index is 406. The zero-order valence-electron chi connectivity index (χ0n) is 10.9. The van der Waals surface area contributed by atoms with Crippen molar-refractivity contribution in [3.05, 3.63) is 23.8 Å². The van der Waals surface area contributed by atoms with E-state index in [2.05, 4.69) is 5.32 Å². The summed E-state index contributed by atoms with van der Waals surface area (Å²) in [6.45, 7) is 2.61. The second-order valence-electron chi connectivity index (χ2n) is 3.82. The van der Waals surface area contributed by atoms with Gasteiger partial charge in [0, 0.05) is 11.6 Å². The van der Waals surface area contributed by atoms with Crippen LogP contribution in [-0.4, -0.2) is 31.8 Å². The van der Waals surface area contributed by atoms with Crippen LogP contribution in [-0.2, 0) is 4.79 Å². The number of carboxylic acids is 1. The van der Waals surface area contributed by atoms with Crippen LogP contribution in [0.15, 0.2) is 18.2 Å². The molecule has 0 radical (unpaired) electrons. The Kier molecular flexibility index (Phi) is 5.45. The summed E-state index contributed by atoms with van der Waals surface area (Å²) in [4.78, 5) is 10.9. The molecule has 1 aromatic rings. The molecule has 0 saturated heterocycles. The summed E-state index contributed by atoms with van der Waals surface area (Å²) in [5.74, 6) is 0.480. The Morgan fingerprint density at radius 3 is 2.61 bits per heavy atom. The number of carboxylic acid groups (broad SMARTS) is 1. The minimum absolute atomic E-state index is 0.00261. The largest absolute Gasteiger partial charge is 0.497 e. The van der Waals surface area contributed by atoms with Crippen LogP contribution in [0.5, 0.6) is 11.5 Å². The van der Waals surface area contributed by atoms with Crippen molar-refractivity contribution in [1.29, 1.82) is 0 Å². The van der Waals surface area contributed by atoms with Gasteiger partial charge in [-0.25, -0.2) is 0 Å². The Balaban J connectivity index is 3.10. The lowest BCUT2D eigenvalue weighted by Crippen LogP contribution is -2.24. The number of hydrogen-bond acceptors (Lipinski definition) is 4. The highest BCUT2D eigenvalue weighted by molar-refractivity contribution is 5.68. The van der Waals surface area contributed by atoms with Crippen LogP contribution in [0.2, 0.25) is 0 Å². The standard InChI is InChI=1S/C13H19NO4/c1-4-14-11(8-13(15)16)10-7-9(17-2)5-6-12(10)18-3/h5-7,11,14H,4,8H2,1-3H3,(H,15,16). The minimum Gasteiger partial charge on any atom is -0.497 e. The quantitative estimate of drug-likeness (QED) is 0.776. The first-order valence-electron chi connectivity index (χ1n) is 5.79. The van der Waals surface area contributed by atoms with Crippen molar-refractivity contribution < 1.29 is 19.4 Å². The molecule has 0 aliphatic heterocycles.